The Morgan fingerprint density at radius 3 is 2.92 bits per heavy atom. The molecule has 1 aromatic carbocycles. The Labute approximate surface area is 76.0 Å². The van der Waals surface area contributed by atoms with Crippen molar-refractivity contribution in [2.75, 3.05) is 0 Å². The van der Waals surface area contributed by atoms with Crippen LogP contribution >= 0.6 is 0 Å². The third kappa shape index (κ3) is 1.21. The van der Waals surface area contributed by atoms with E-state index < -0.39 is 6.10 Å². The van der Waals surface area contributed by atoms with Gasteiger partial charge < -0.3 is 9.63 Å². The Hall–Kier alpha value is -1.35. The number of aryl methyl sites for hydroxylation is 1. The van der Waals surface area contributed by atoms with Crippen molar-refractivity contribution in [3.05, 3.63) is 29.5 Å². The molecule has 0 amide bonds. The fourth-order valence-electron chi connectivity index (χ4n) is 1.52. The number of aliphatic hydroxyl groups is 1. The molecule has 0 aliphatic carbocycles. The third-order valence-electron chi connectivity index (χ3n) is 2.15. The van der Waals surface area contributed by atoms with Gasteiger partial charge in [-0.3, -0.25) is 0 Å². The molecule has 1 unspecified atom stereocenters. The molecule has 1 aromatic heterocycles. The lowest BCUT2D eigenvalue weighted by Crippen LogP contribution is -1.91. The van der Waals surface area contributed by atoms with Gasteiger partial charge in [0, 0.05) is 0 Å². The molecule has 1 heterocycles. The summed E-state index contributed by atoms with van der Waals surface area (Å²) in [6.45, 7) is 3.61. The molecule has 0 spiro atoms. The SMILES string of the molecule is Cc1noc2cccc(C(C)O)c12. The van der Waals surface area contributed by atoms with Crippen LogP contribution in [0.2, 0.25) is 0 Å². The van der Waals surface area contributed by atoms with Crippen molar-refractivity contribution in [2.24, 2.45) is 0 Å². The first kappa shape index (κ1) is 8.26. The van der Waals surface area contributed by atoms with Crippen molar-refractivity contribution >= 4 is 11.0 Å². The van der Waals surface area contributed by atoms with E-state index in [0.29, 0.717) is 0 Å². The number of rotatable bonds is 1. The molecule has 0 aliphatic heterocycles. The van der Waals surface area contributed by atoms with E-state index in [0.717, 1.165) is 22.2 Å². The van der Waals surface area contributed by atoms with Crippen LogP contribution in [-0.4, -0.2) is 10.3 Å². The highest BCUT2D eigenvalue weighted by atomic mass is 16.5. The van der Waals surface area contributed by atoms with Gasteiger partial charge in [0.05, 0.1) is 17.2 Å². The van der Waals surface area contributed by atoms with Crippen molar-refractivity contribution in [3.8, 4) is 0 Å². The van der Waals surface area contributed by atoms with Crippen molar-refractivity contribution in [1.29, 1.82) is 0 Å². The lowest BCUT2D eigenvalue weighted by molar-refractivity contribution is 0.201. The van der Waals surface area contributed by atoms with Crippen LogP contribution in [0.4, 0.5) is 0 Å². The molecule has 1 N–H and O–H groups in total. The molecule has 0 saturated carbocycles. The summed E-state index contributed by atoms with van der Waals surface area (Å²) in [5.41, 5.74) is 2.43. The Morgan fingerprint density at radius 1 is 1.46 bits per heavy atom. The number of nitrogens with zero attached hydrogens (tertiary/aromatic N) is 1. The molecule has 0 radical (unpaired) electrons. The van der Waals surface area contributed by atoms with E-state index in [-0.39, 0.29) is 0 Å². The average Bonchev–Trinajstić information content (AvgIpc) is 2.48. The minimum atomic E-state index is -0.484. The smallest absolute Gasteiger partial charge is 0.167 e. The Kier molecular flexibility index (Phi) is 1.81. The maximum absolute atomic E-state index is 9.50. The number of benzene rings is 1. The predicted molar refractivity (Wildman–Crippen MR) is 49.4 cm³/mol. The van der Waals surface area contributed by atoms with Crippen molar-refractivity contribution in [2.45, 2.75) is 20.0 Å². The molecule has 0 aliphatic rings. The van der Waals surface area contributed by atoms with Gasteiger partial charge in [0.2, 0.25) is 0 Å². The summed E-state index contributed by atoms with van der Waals surface area (Å²) in [6, 6.07) is 5.59. The highest BCUT2D eigenvalue weighted by Crippen LogP contribution is 2.26. The number of aliphatic hydroxyl groups excluding tert-OH is 1. The van der Waals surface area contributed by atoms with Gasteiger partial charge in [0.25, 0.3) is 0 Å². The zero-order valence-corrected chi connectivity index (χ0v) is 7.61. The summed E-state index contributed by atoms with van der Waals surface area (Å²) in [5.74, 6) is 0. The molecule has 0 fully saturated rings. The third-order valence-corrected chi connectivity index (χ3v) is 2.15. The zero-order valence-electron chi connectivity index (χ0n) is 7.61. The Bertz CT molecular complexity index is 431. The van der Waals surface area contributed by atoms with Crippen molar-refractivity contribution in [3.63, 3.8) is 0 Å². The number of fused-ring (bicyclic) bond motifs is 1. The summed E-state index contributed by atoms with van der Waals surface area (Å²) in [5, 5.41) is 14.3. The van der Waals surface area contributed by atoms with Crippen LogP contribution in [0.25, 0.3) is 11.0 Å². The van der Waals surface area contributed by atoms with E-state index in [1.165, 1.54) is 0 Å². The molecule has 2 aromatic rings. The van der Waals surface area contributed by atoms with Crippen LogP contribution in [-0.2, 0) is 0 Å². The van der Waals surface area contributed by atoms with Gasteiger partial charge in [-0.05, 0) is 25.5 Å². The maximum Gasteiger partial charge on any atom is 0.167 e. The van der Waals surface area contributed by atoms with Crippen LogP contribution in [0.1, 0.15) is 24.3 Å². The summed E-state index contributed by atoms with van der Waals surface area (Å²) >= 11 is 0. The standard InChI is InChI=1S/C10H11NO2/c1-6-10-8(7(2)12)4-3-5-9(10)13-11-6/h3-5,7,12H,1-2H3. The molecule has 0 saturated heterocycles. The van der Waals surface area contributed by atoms with E-state index in [1.807, 2.05) is 25.1 Å². The lowest BCUT2D eigenvalue weighted by Gasteiger charge is -2.04. The second-order valence-corrected chi connectivity index (χ2v) is 3.16. The zero-order chi connectivity index (χ0) is 9.42. The minimum absolute atomic E-state index is 0.484. The normalized spacial score (nSPS) is 13.5. The maximum atomic E-state index is 9.50. The quantitative estimate of drug-likeness (QED) is 0.726. The molecule has 1 atom stereocenters. The topological polar surface area (TPSA) is 46.3 Å². The molecule has 0 bridgehead atoms. The first-order valence-electron chi connectivity index (χ1n) is 4.23. The van der Waals surface area contributed by atoms with Gasteiger partial charge in [-0.2, -0.15) is 0 Å². The van der Waals surface area contributed by atoms with E-state index in [9.17, 15) is 5.11 Å². The van der Waals surface area contributed by atoms with Gasteiger partial charge in [-0.1, -0.05) is 17.3 Å². The average molecular weight is 177 g/mol. The molecular formula is C10H11NO2. The molecule has 2 rings (SSSR count). The van der Waals surface area contributed by atoms with E-state index in [1.54, 1.807) is 6.92 Å². The molecule has 3 heteroatoms. The van der Waals surface area contributed by atoms with Gasteiger partial charge in [0.15, 0.2) is 5.58 Å². The molecule has 13 heavy (non-hydrogen) atoms. The van der Waals surface area contributed by atoms with Gasteiger partial charge in [0.1, 0.15) is 0 Å². The Balaban J connectivity index is 2.80. The first-order chi connectivity index (χ1) is 6.20. The first-order valence-corrected chi connectivity index (χ1v) is 4.23. The van der Waals surface area contributed by atoms with E-state index >= 15 is 0 Å². The summed E-state index contributed by atoms with van der Waals surface area (Å²) in [7, 11) is 0. The fourth-order valence-corrected chi connectivity index (χ4v) is 1.52. The molecular weight excluding hydrogens is 166 g/mol. The fraction of sp³-hybridized carbons (Fsp3) is 0.300. The van der Waals surface area contributed by atoms with Gasteiger partial charge in [-0.25, -0.2) is 0 Å². The second kappa shape index (κ2) is 2.85. The second-order valence-electron chi connectivity index (χ2n) is 3.16. The monoisotopic (exact) mass is 177 g/mol. The molecule has 68 valence electrons. The van der Waals surface area contributed by atoms with E-state index in [2.05, 4.69) is 5.16 Å². The number of aromatic nitrogens is 1. The van der Waals surface area contributed by atoms with Crippen LogP contribution < -0.4 is 0 Å². The lowest BCUT2D eigenvalue weighted by atomic mass is 10.0. The van der Waals surface area contributed by atoms with E-state index in [4.69, 9.17) is 4.52 Å². The highest BCUT2D eigenvalue weighted by Gasteiger charge is 2.11. The van der Waals surface area contributed by atoms with Gasteiger partial charge in [-0.15, -0.1) is 0 Å². The Morgan fingerprint density at radius 2 is 2.23 bits per heavy atom. The predicted octanol–water partition coefficient (Wildman–Crippen LogP) is 2.19. The van der Waals surface area contributed by atoms with Gasteiger partial charge >= 0.3 is 0 Å². The summed E-state index contributed by atoms with van der Waals surface area (Å²) < 4.78 is 5.08. The highest BCUT2D eigenvalue weighted by molar-refractivity contribution is 5.83. The van der Waals surface area contributed by atoms with Crippen LogP contribution in [0, 0.1) is 6.92 Å². The summed E-state index contributed by atoms with van der Waals surface area (Å²) in [4.78, 5) is 0. The minimum Gasteiger partial charge on any atom is -0.389 e. The number of hydrogen-bond donors (Lipinski definition) is 1. The van der Waals surface area contributed by atoms with Crippen LogP contribution in [0.15, 0.2) is 22.7 Å². The van der Waals surface area contributed by atoms with Crippen LogP contribution in [0.5, 0.6) is 0 Å². The van der Waals surface area contributed by atoms with Crippen LogP contribution in [0.3, 0.4) is 0 Å². The number of hydrogen-bond acceptors (Lipinski definition) is 3. The largest absolute Gasteiger partial charge is 0.389 e. The van der Waals surface area contributed by atoms with Crippen molar-refractivity contribution in [1.82, 2.24) is 5.16 Å². The summed E-state index contributed by atoms with van der Waals surface area (Å²) in [6.07, 6.45) is -0.484. The van der Waals surface area contributed by atoms with Crippen molar-refractivity contribution < 1.29 is 9.63 Å². The molecule has 3 nitrogen and oxygen atoms in total.